The van der Waals surface area contributed by atoms with Crippen molar-refractivity contribution >= 4 is 17.9 Å². The molecule has 1 aliphatic carbocycles. The maximum absolute atomic E-state index is 14.4. The number of nitriles is 1. The third-order valence-corrected chi connectivity index (χ3v) is 7.23. The van der Waals surface area contributed by atoms with Gasteiger partial charge in [0.1, 0.15) is 16.8 Å². The lowest BCUT2D eigenvalue weighted by atomic mass is 10.0. The van der Waals surface area contributed by atoms with Gasteiger partial charge in [0.15, 0.2) is 11.6 Å². The van der Waals surface area contributed by atoms with E-state index < -0.39 is 40.6 Å². The van der Waals surface area contributed by atoms with Gasteiger partial charge in [0.25, 0.3) is 0 Å². The molecule has 0 radical (unpaired) electrons. The molecule has 1 aromatic rings. The quantitative estimate of drug-likeness (QED) is 0.580. The molecule has 4 rings (SSSR count). The first-order valence-electron chi connectivity index (χ1n) is 12.4. The number of hydrogen-bond donors (Lipinski definition) is 1. The lowest BCUT2D eigenvalue weighted by molar-refractivity contribution is -0.136. The summed E-state index contributed by atoms with van der Waals surface area (Å²) in [5, 5.41) is 11.9. The average Bonchev–Trinajstić information content (AvgIpc) is 3.32. The van der Waals surface area contributed by atoms with Crippen LogP contribution in [0.2, 0.25) is 0 Å². The van der Waals surface area contributed by atoms with Crippen molar-refractivity contribution in [2.24, 2.45) is 11.3 Å². The van der Waals surface area contributed by atoms with Gasteiger partial charge in [-0.1, -0.05) is 0 Å². The van der Waals surface area contributed by atoms with Crippen molar-refractivity contribution in [2.45, 2.75) is 70.6 Å². The zero-order valence-corrected chi connectivity index (χ0v) is 21.2. The lowest BCUT2D eigenvalue weighted by Gasteiger charge is -2.28. The van der Waals surface area contributed by atoms with Crippen molar-refractivity contribution in [3.05, 3.63) is 35.1 Å². The number of amides is 3. The fourth-order valence-electron chi connectivity index (χ4n) is 5.20. The van der Waals surface area contributed by atoms with Crippen LogP contribution in [0.5, 0.6) is 0 Å². The van der Waals surface area contributed by atoms with Gasteiger partial charge in [0.05, 0.1) is 12.1 Å². The standard InChI is InChI=1S/C26H31F3N4O4/c1-25(2,3)37-24(36)31-17(8-16-9-19(28)20(29)11-18(16)27)10-22(34)33-7-4-15-12-32(13-21(15)33)23(35)26(14-30)5-6-26/h9,11,15,17,21H,4-8,10,12-13H2,1-3H3,(H,31,36)/t15?,17-,21?/m1/s1. The van der Waals surface area contributed by atoms with Crippen LogP contribution in [0.25, 0.3) is 0 Å². The van der Waals surface area contributed by atoms with Crippen molar-refractivity contribution in [3.63, 3.8) is 0 Å². The Kier molecular flexibility index (Phi) is 7.14. The molecule has 11 heteroatoms. The number of benzene rings is 1. The molecule has 2 heterocycles. The fraction of sp³-hybridized carbons (Fsp3) is 0.615. The minimum Gasteiger partial charge on any atom is -0.444 e. The van der Waals surface area contributed by atoms with E-state index in [2.05, 4.69) is 11.4 Å². The molecule has 3 aliphatic rings. The van der Waals surface area contributed by atoms with Gasteiger partial charge in [-0.05, 0) is 58.1 Å². The zero-order chi connectivity index (χ0) is 27.1. The summed E-state index contributed by atoms with van der Waals surface area (Å²) >= 11 is 0. The van der Waals surface area contributed by atoms with Gasteiger partial charge >= 0.3 is 6.09 Å². The van der Waals surface area contributed by atoms with Gasteiger partial charge in [-0.2, -0.15) is 5.26 Å². The van der Waals surface area contributed by atoms with Crippen molar-refractivity contribution in [1.29, 1.82) is 5.26 Å². The smallest absolute Gasteiger partial charge is 0.407 e. The van der Waals surface area contributed by atoms with E-state index in [-0.39, 0.29) is 42.2 Å². The number of alkyl carbamates (subject to hydrolysis) is 1. The van der Waals surface area contributed by atoms with E-state index in [1.54, 1.807) is 30.6 Å². The summed E-state index contributed by atoms with van der Waals surface area (Å²) in [5.41, 5.74) is -1.93. The van der Waals surface area contributed by atoms with Gasteiger partial charge in [-0.25, -0.2) is 18.0 Å². The Morgan fingerprint density at radius 2 is 1.84 bits per heavy atom. The van der Waals surface area contributed by atoms with Crippen LogP contribution in [0.3, 0.4) is 0 Å². The molecule has 3 fully saturated rings. The highest BCUT2D eigenvalue weighted by Gasteiger charge is 2.55. The number of rotatable bonds is 6. The molecule has 0 spiro atoms. The number of nitrogens with one attached hydrogen (secondary N) is 1. The van der Waals surface area contributed by atoms with E-state index in [4.69, 9.17) is 4.74 Å². The maximum atomic E-state index is 14.4. The molecule has 2 saturated heterocycles. The van der Waals surface area contributed by atoms with Gasteiger partial charge in [0.2, 0.25) is 11.8 Å². The number of ether oxygens (including phenoxy) is 1. The van der Waals surface area contributed by atoms with E-state index >= 15 is 0 Å². The lowest BCUT2D eigenvalue weighted by Crippen LogP contribution is -2.46. The zero-order valence-electron chi connectivity index (χ0n) is 21.2. The molecule has 0 aromatic heterocycles. The molecule has 3 amide bonds. The van der Waals surface area contributed by atoms with E-state index in [1.807, 2.05) is 0 Å². The average molecular weight is 521 g/mol. The first kappa shape index (κ1) is 26.8. The van der Waals surface area contributed by atoms with Crippen molar-refractivity contribution < 1.29 is 32.3 Å². The van der Waals surface area contributed by atoms with Crippen molar-refractivity contribution in [3.8, 4) is 6.07 Å². The molecule has 8 nitrogen and oxygen atoms in total. The number of carbonyl (C=O) groups excluding carboxylic acids is 3. The van der Waals surface area contributed by atoms with Crippen LogP contribution < -0.4 is 5.32 Å². The highest BCUT2D eigenvalue weighted by molar-refractivity contribution is 5.88. The summed E-state index contributed by atoms with van der Waals surface area (Å²) in [6.45, 7) is 6.28. The van der Waals surface area contributed by atoms with Crippen LogP contribution in [0.1, 0.15) is 52.0 Å². The summed E-state index contributed by atoms with van der Waals surface area (Å²) in [6.07, 6.45) is 0.491. The Labute approximate surface area is 213 Å². The Morgan fingerprint density at radius 3 is 2.46 bits per heavy atom. The van der Waals surface area contributed by atoms with Crippen LogP contribution >= 0.6 is 0 Å². The minimum absolute atomic E-state index is 0.0864. The van der Waals surface area contributed by atoms with E-state index in [9.17, 15) is 32.8 Å². The summed E-state index contributed by atoms with van der Waals surface area (Å²) in [7, 11) is 0. The molecule has 37 heavy (non-hydrogen) atoms. The normalized spacial score (nSPS) is 22.7. The largest absolute Gasteiger partial charge is 0.444 e. The molecule has 0 bridgehead atoms. The monoisotopic (exact) mass is 520 g/mol. The van der Waals surface area contributed by atoms with Crippen molar-refractivity contribution in [1.82, 2.24) is 15.1 Å². The number of halogens is 3. The molecule has 3 atom stereocenters. The van der Waals surface area contributed by atoms with Crippen LogP contribution in [-0.4, -0.2) is 65.0 Å². The van der Waals surface area contributed by atoms with Gasteiger partial charge in [0, 0.05) is 44.1 Å². The van der Waals surface area contributed by atoms with E-state index in [0.29, 0.717) is 51.0 Å². The number of likely N-dealkylation sites (tertiary alicyclic amines) is 2. The van der Waals surface area contributed by atoms with Crippen molar-refractivity contribution in [2.75, 3.05) is 19.6 Å². The number of hydrogen-bond acceptors (Lipinski definition) is 5. The predicted molar refractivity (Wildman–Crippen MR) is 125 cm³/mol. The SMILES string of the molecule is CC(C)(C)OC(=O)N[C@@H](CC(=O)N1CCC2CN(C(=O)C3(C#N)CC3)CC21)Cc1cc(F)c(F)cc1F. The maximum Gasteiger partial charge on any atom is 0.407 e. The van der Waals surface area contributed by atoms with Crippen LogP contribution in [-0.2, 0) is 20.7 Å². The Balaban J connectivity index is 1.46. The first-order chi connectivity index (χ1) is 17.3. The number of carbonyl (C=O) groups is 3. The fourth-order valence-corrected chi connectivity index (χ4v) is 5.20. The molecular formula is C26H31F3N4O4. The topological polar surface area (TPSA) is 103 Å². The summed E-state index contributed by atoms with van der Waals surface area (Å²) in [6, 6.07) is 2.10. The second kappa shape index (κ2) is 9.88. The van der Waals surface area contributed by atoms with Gasteiger partial charge < -0.3 is 19.9 Å². The van der Waals surface area contributed by atoms with Crippen LogP contribution in [0.4, 0.5) is 18.0 Å². The van der Waals surface area contributed by atoms with E-state index in [0.717, 1.165) is 0 Å². The summed E-state index contributed by atoms with van der Waals surface area (Å²) in [5.74, 6) is -3.96. The minimum atomic E-state index is -1.33. The Hall–Kier alpha value is -3.29. The summed E-state index contributed by atoms with van der Waals surface area (Å²) in [4.78, 5) is 41.9. The van der Waals surface area contributed by atoms with Crippen LogP contribution in [0, 0.1) is 40.1 Å². The third kappa shape index (κ3) is 5.84. The molecule has 1 saturated carbocycles. The molecule has 2 unspecified atom stereocenters. The third-order valence-electron chi connectivity index (χ3n) is 7.23. The number of fused-ring (bicyclic) bond motifs is 1. The van der Waals surface area contributed by atoms with Gasteiger partial charge in [-0.3, -0.25) is 9.59 Å². The highest BCUT2D eigenvalue weighted by Crippen LogP contribution is 2.48. The molecule has 1 aromatic carbocycles. The highest BCUT2D eigenvalue weighted by atomic mass is 19.2. The Morgan fingerprint density at radius 1 is 1.16 bits per heavy atom. The number of nitrogens with zero attached hydrogens (tertiary/aromatic N) is 3. The first-order valence-corrected chi connectivity index (χ1v) is 12.4. The predicted octanol–water partition coefficient (Wildman–Crippen LogP) is 3.29. The molecule has 200 valence electrons. The summed E-state index contributed by atoms with van der Waals surface area (Å²) < 4.78 is 46.8. The van der Waals surface area contributed by atoms with Gasteiger partial charge in [-0.15, -0.1) is 0 Å². The molecule has 1 N–H and O–H groups in total. The second-order valence-electron chi connectivity index (χ2n) is 11.2. The van der Waals surface area contributed by atoms with Crippen LogP contribution in [0.15, 0.2) is 12.1 Å². The Bertz CT molecular complexity index is 1140. The second-order valence-corrected chi connectivity index (χ2v) is 11.2. The van der Waals surface area contributed by atoms with E-state index in [1.165, 1.54) is 0 Å². The molecule has 2 aliphatic heterocycles. The molecular weight excluding hydrogens is 489 g/mol.